The van der Waals surface area contributed by atoms with Crippen molar-refractivity contribution >= 4 is 17.7 Å². The lowest BCUT2D eigenvalue weighted by molar-refractivity contribution is -0.136. The minimum atomic E-state index is -1.05. The number of carbonyl (C=O) groups is 3. The Kier molecular flexibility index (Phi) is 5.86. The Hall–Kier alpha value is -3.14. The minimum Gasteiger partial charge on any atom is -0.383 e. The largest absolute Gasteiger partial charge is 0.383 e. The molecule has 3 fully saturated rings. The van der Waals surface area contributed by atoms with Gasteiger partial charge in [-0.15, -0.1) is 0 Å². The summed E-state index contributed by atoms with van der Waals surface area (Å²) in [5.74, 6) is -0.480. The van der Waals surface area contributed by atoms with Crippen LogP contribution in [0.1, 0.15) is 64.5 Å². The number of hydrogen-bond donors (Lipinski definition) is 2. The van der Waals surface area contributed by atoms with Crippen molar-refractivity contribution in [3.8, 4) is 0 Å². The number of carbonyl (C=O) groups excluding carboxylic acids is 3. The van der Waals surface area contributed by atoms with Crippen LogP contribution in [0.2, 0.25) is 0 Å². The van der Waals surface area contributed by atoms with Crippen molar-refractivity contribution in [3.05, 3.63) is 64.5 Å². The Morgan fingerprint density at radius 1 is 1.06 bits per heavy atom. The molecule has 2 aromatic rings. The lowest BCUT2D eigenvalue weighted by Gasteiger charge is -2.38. The fourth-order valence-corrected chi connectivity index (χ4v) is 5.61. The molecule has 1 atom stereocenters. The number of imide groups is 1. The summed E-state index contributed by atoms with van der Waals surface area (Å²) in [6.45, 7) is 4.15. The number of amides is 3. The van der Waals surface area contributed by atoms with Crippen LogP contribution in [-0.2, 0) is 33.0 Å². The van der Waals surface area contributed by atoms with E-state index in [1.807, 2.05) is 0 Å². The monoisotopic (exact) mass is 490 g/mol. The van der Waals surface area contributed by atoms with Gasteiger partial charge in [0.1, 0.15) is 11.6 Å². The van der Waals surface area contributed by atoms with E-state index >= 15 is 0 Å². The van der Waals surface area contributed by atoms with Crippen molar-refractivity contribution in [2.75, 3.05) is 26.3 Å². The van der Waals surface area contributed by atoms with Gasteiger partial charge in [0, 0.05) is 32.0 Å². The number of rotatable bonds is 5. The van der Waals surface area contributed by atoms with Crippen LogP contribution >= 0.6 is 0 Å². The molecule has 0 spiro atoms. The molecule has 3 saturated heterocycles. The number of benzene rings is 1. The molecule has 36 heavy (non-hydrogen) atoms. The van der Waals surface area contributed by atoms with Crippen molar-refractivity contribution in [1.82, 2.24) is 20.1 Å². The van der Waals surface area contributed by atoms with Gasteiger partial charge < -0.3 is 14.7 Å². The van der Waals surface area contributed by atoms with Gasteiger partial charge in [0.05, 0.1) is 36.7 Å². The Morgan fingerprint density at radius 2 is 1.81 bits per heavy atom. The molecule has 0 saturated carbocycles. The lowest BCUT2D eigenvalue weighted by atomic mass is 9.87. The maximum absolute atomic E-state index is 12.9. The van der Waals surface area contributed by atoms with Crippen molar-refractivity contribution in [1.29, 1.82) is 0 Å². The zero-order valence-corrected chi connectivity index (χ0v) is 20.1. The number of nitrogens with one attached hydrogen (secondary N) is 1. The highest BCUT2D eigenvalue weighted by atomic mass is 16.5. The maximum atomic E-state index is 12.9. The van der Waals surface area contributed by atoms with Gasteiger partial charge in [0.2, 0.25) is 11.8 Å². The van der Waals surface area contributed by atoms with E-state index in [9.17, 15) is 19.5 Å². The van der Waals surface area contributed by atoms with Crippen molar-refractivity contribution < 1.29 is 24.2 Å². The van der Waals surface area contributed by atoms with Gasteiger partial charge in [-0.25, -0.2) is 0 Å². The van der Waals surface area contributed by atoms with E-state index in [2.05, 4.69) is 34.5 Å². The zero-order valence-electron chi connectivity index (χ0n) is 20.1. The van der Waals surface area contributed by atoms with Crippen LogP contribution < -0.4 is 5.32 Å². The van der Waals surface area contributed by atoms with Gasteiger partial charge in [-0.2, -0.15) is 0 Å². The molecular weight excluding hydrogens is 460 g/mol. The van der Waals surface area contributed by atoms with Crippen LogP contribution in [0.5, 0.6) is 0 Å². The first-order chi connectivity index (χ1) is 17.4. The zero-order chi connectivity index (χ0) is 24.9. The number of aliphatic hydroxyl groups is 1. The van der Waals surface area contributed by atoms with E-state index < -0.39 is 17.6 Å². The molecule has 1 aromatic carbocycles. The van der Waals surface area contributed by atoms with Crippen LogP contribution in [0, 0.1) is 0 Å². The molecule has 6 rings (SSSR count). The van der Waals surface area contributed by atoms with Crippen molar-refractivity contribution in [2.24, 2.45) is 0 Å². The number of nitrogens with zero attached hydrogens (tertiary/aromatic N) is 3. The highest BCUT2D eigenvalue weighted by Gasteiger charge is 2.41. The van der Waals surface area contributed by atoms with E-state index in [1.54, 1.807) is 12.1 Å². The van der Waals surface area contributed by atoms with Crippen LogP contribution in [0.25, 0.3) is 0 Å². The SMILES string of the molecule is O=C1CCC(N2Cc3nc(C4(O)CCN(Cc5ccc(C6COC6)cc5)CC4)ccc3C2=O)C(=O)N1. The van der Waals surface area contributed by atoms with Crippen molar-refractivity contribution in [2.45, 2.75) is 56.3 Å². The number of likely N-dealkylation sites (tertiary alicyclic amines) is 1. The van der Waals surface area contributed by atoms with Crippen LogP contribution in [-0.4, -0.2) is 70.0 Å². The van der Waals surface area contributed by atoms with Gasteiger partial charge in [-0.05, 0) is 42.5 Å². The highest BCUT2D eigenvalue weighted by Crippen LogP contribution is 2.35. The second-order valence-corrected chi connectivity index (χ2v) is 10.4. The first kappa shape index (κ1) is 23.3. The third-order valence-electron chi connectivity index (χ3n) is 8.03. The fraction of sp³-hybridized carbons (Fsp3) is 0.481. The van der Waals surface area contributed by atoms with E-state index in [0.717, 1.165) is 32.8 Å². The number of ether oxygens (including phenoxy) is 1. The first-order valence-electron chi connectivity index (χ1n) is 12.7. The number of hydrogen-bond acceptors (Lipinski definition) is 7. The molecule has 1 unspecified atom stereocenters. The summed E-state index contributed by atoms with van der Waals surface area (Å²) in [4.78, 5) is 45.2. The molecule has 1 aromatic heterocycles. The van der Waals surface area contributed by atoms with E-state index in [1.165, 1.54) is 16.0 Å². The van der Waals surface area contributed by atoms with Crippen LogP contribution in [0.15, 0.2) is 36.4 Å². The normalized spacial score (nSPS) is 24.4. The highest BCUT2D eigenvalue weighted by molar-refractivity contribution is 6.05. The van der Waals surface area contributed by atoms with Crippen LogP contribution in [0.3, 0.4) is 0 Å². The Bertz CT molecular complexity index is 1200. The third-order valence-corrected chi connectivity index (χ3v) is 8.03. The Morgan fingerprint density at radius 3 is 2.47 bits per heavy atom. The maximum Gasteiger partial charge on any atom is 0.256 e. The standard InChI is InChI=1S/C27H30N4O5/c32-24-8-6-22(25(33)29-24)31-14-21-20(26(31)34)5-7-23(28-21)27(35)9-11-30(12-10-27)13-17-1-3-18(4-2-17)19-15-36-16-19/h1-5,7,19,22,35H,6,8-16H2,(H,29,32,33). The summed E-state index contributed by atoms with van der Waals surface area (Å²) in [6.07, 6.45) is 1.64. The van der Waals surface area contributed by atoms with E-state index in [4.69, 9.17) is 9.72 Å². The molecule has 3 amide bonds. The molecule has 2 N–H and O–H groups in total. The Labute approximate surface area is 209 Å². The number of pyridine rings is 1. The van der Waals surface area contributed by atoms with Gasteiger partial charge in [-0.1, -0.05) is 24.3 Å². The van der Waals surface area contributed by atoms with E-state index in [-0.39, 0.29) is 24.8 Å². The number of piperidine rings is 2. The Balaban J connectivity index is 1.09. The molecule has 9 heteroatoms. The minimum absolute atomic E-state index is 0.208. The molecular formula is C27H30N4O5. The number of aromatic nitrogens is 1. The van der Waals surface area contributed by atoms with Crippen LogP contribution in [0.4, 0.5) is 0 Å². The summed E-state index contributed by atoms with van der Waals surface area (Å²) in [5, 5.41) is 13.8. The second-order valence-electron chi connectivity index (χ2n) is 10.4. The molecule has 0 aliphatic carbocycles. The predicted octanol–water partition coefficient (Wildman–Crippen LogP) is 1.44. The second kappa shape index (κ2) is 9.06. The summed E-state index contributed by atoms with van der Waals surface area (Å²) < 4.78 is 5.28. The molecule has 5 heterocycles. The topological polar surface area (TPSA) is 112 Å². The van der Waals surface area contributed by atoms with Gasteiger partial charge >= 0.3 is 0 Å². The summed E-state index contributed by atoms with van der Waals surface area (Å²) >= 11 is 0. The molecule has 0 radical (unpaired) electrons. The third kappa shape index (κ3) is 4.21. The molecule has 0 bridgehead atoms. The van der Waals surface area contributed by atoms with Crippen molar-refractivity contribution in [3.63, 3.8) is 0 Å². The summed E-state index contributed by atoms with van der Waals surface area (Å²) in [7, 11) is 0. The average molecular weight is 491 g/mol. The lowest BCUT2D eigenvalue weighted by Crippen LogP contribution is -2.52. The van der Waals surface area contributed by atoms with Gasteiger partial charge in [0.15, 0.2) is 0 Å². The van der Waals surface area contributed by atoms with Gasteiger partial charge in [-0.3, -0.25) is 29.6 Å². The number of fused-ring (bicyclic) bond motifs is 1. The quantitative estimate of drug-likeness (QED) is 0.610. The molecule has 4 aliphatic heterocycles. The molecule has 4 aliphatic rings. The summed E-state index contributed by atoms with van der Waals surface area (Å²) in [5.41, 5.74) is 3.15. The predicted molar refractivity (Wildman–Crippen MR) is 129 cm³/mol. The smallest absolute Gasteiger partial charge is 0.256 e. The molecule has 9 nitrogen and oxygen atoms in total. The van der Waals surface area contributed by atoms with E-state index in [0.29, 0.717) is 42.1 Å². The summed E-state index contributed by atoms with van der Waals surface area (Å²) in [6, 6.07) is 11.5. The fourth-order valence-electron chi connectivity index (χ4n) is 5.61. The first-order valence-corrected chi connectivity index (χ1v) is 12.7. The van der Waals surface area contributed by atoms with Gasteiger partial charge in [0.25, 0.3) is 5.91 Å². The average Bonchev–Trinajstić information content (AvgIpc) is 3.16. The molecule has 188 valence electrons.